The highest BCUT2D eigenvalue weighted by Crippen LogP contribution is 2.23. The second-order valence-corrected chi connectivity index (χ2v) is 7.93. The summed E-state index contributed by atoms with van der Waals surface area (Å²) in [6.07, 6.45) is 0.337. The number of thioether (sulfide) groups is 1. The van der Waals surface area contributed by atoms with Crippen LogP contribution in [0, 0.1) is 5.82 Å². The first-order chi connectivity index (χ1) is 13.1. The van der Waals surface area contributed by atoms with Crippen LogP contribution in [0.25, 0.3) is 10.2 Å². The standard InChI is InChI=1S/C20H21FN2O2S2/c1-3-23-17-10-7-15(25-4-2)13-18(17)27-20(23)22-19(24)11-12-26-16-8-5-14(21)6-9-16/h5-10,13H,3-4,11-12H2,1-2H3. The molecular formula is C20H21FN2O2S2. The molecule has 0 bridgehead atoms. The van der Waals surface area contributed by atoms with E-state index in [1.807, 2.05) is 36.6 Å². The zero-order valence-electron chi connectivity index (χ0n) is 15.3. The summed E-state index contributed by atoms with van der Waals surface area (Å²) < 4.78 is 21.6. The fourth-order valence-corrected chi connectivity index (χ4v) is 4.63. The molecule has 142 valence electrons. The maximum atomic E-state index is 12.9. The second-order valence-electron chi connectivity index (χ2n) is 5.75. The number of rotatable bonds is 7. The fraction of sp³-hybridized carbons (Fsp3) is 0.300. The van der Waals surface area contributed by atoms with Crippen LogP contribution in [-0.4, -0.2) is 22.8 Å². The van der Waals surface area contributed by atoms with E-state index < -0.39 is 0 Å². The first kappa shape index (κ1) is 19.6. The first-order valence-electron chi connectivity index (χ1n) is 8.82. The predicted octanol–water partition coefficient (Wildman–Crippen LogP) is 4.87. The van der Waals surface area contributed by atoms with Gasteiger partial charge in [0.15, 0.2) is 4.80 Å². The molecule has 0 unspecified atom stereocenters. The lowest BCUT2D eigenvalue weighted by Gasteiger charge is -2.03. The summed E-state index contributed by atoms with van der Waals surface area (Å²) in [6.45, 7) is 5.35. The van der Waals surface area contributed by atoms with Gasteiger partial charge in [0.1, 0.15) is 11.6 Å². The summed E-state index contributed by atoms with van der Waals surface area (Å²) in [5, 5.41) is 0. The molecule has 0 spiro atoms. The molecule has 0 saturated heterocycles. The number of fused-ring (bicyclic) bond motifs is 1. The molecule has 3 rings (SSSR count). The van der Waals surface area contributed by atoms with Gasteiger partial charge in [0.2, 0.25) is 5.91 Å². The van der Waals surface area contributed by atoms with E-state index in [1.165, 1.54) is 35.2 Å². The Hall–Kier alpha value is -2.12. The van der Waals surface area contributed by atoms with E-state index in [2.05, 4.69) is 4.99 Å². The van der Waals surface area contributed by atoms with Crippen molar-refractivity contribution in [1.29, 1.82) is 0 Å². The van der Waals surface area contributed by atoms with Gasteiger partial charge >= 0.3 is 0 Å². The van der Waals surface area contributed by atoms with Crippen LogP contribution in [0.2, 0.25) is 0 Å². The summed E-state index contributed by atoms with van der Waals surface area (Å²) in [5.74, 6) is 1.03. The van der Waals surface area contributed by atoms with Crippen molar-refractivity contribution in [2.45, 2.75) is 31.7 Å². The predicted molar refractivity (Wildman–Crippen MR) is 109 cm³/mol. The molecule has 7 heteroatoms. The van der Waals surface area contributed by atoms with Gasteiger partial charge in [0.25, 0.3) is 0 Å². The van der Waals surface area contributed by atoms with Crippen molar-refractivity contribution in [2.24, 2.45) is 4.99 Å². The van der Waals surface area contributed by atoms with Gasteiger partial charge in [-0.3, -0.25) is 4.79 Å². The Morgan fingerprint density at radius 2 is 2.00 bits per heavy atom. The molecule has 0 radical (unpaired) electrons. The fourth-order valence-electron chi connectivity index (χ4n) is 2.65. The molecule has 1 aromatic heterocycles. The molecule has 27 heavy (non-hydrogen) atoms. The van der Waals surface area contributed by atoms with Gasteiger partial charge in [-0.1, -0.05) is 11.3 Å². The molecule has 0 fully saturated rings. The normalized spacial score (nSPS) is 11.9. The highest BCUT2D eigenvalue weighted by molar-refractivity contribution is 7.99. The Morgan fingerprint density at radius 1 is 1.22 bits per heavy atom. The minimum absolute atomic E-state index is 0.150. The Morgan fingerprint density at radius 3 is 2.70 bits per heavy atom. The minimum atomic E-state index is -0.258. The van der Waals surface area contributed by atoms with Crippen LogP contribution in [0.15, 0.2) is 52.4 Å². The summed E-state index contributed by atoms with van der Waals surface area (Å²) in [6, 6.07) is 12.2. The zero-order chi connectivity index (χ0) is 19.2. The molecular weight excluding hydrogens is 383 g/mol. The molecule has 0 aliphatic rings. The molecule has 0 aliphatic carbocycles. The molecule has 0 aliphatic heterocycles. The number of nitrogens with zero attached hydrogens (tertiary/aromatic N) is 2. The maximum absolute atomic E-state index is 12.9. The Bertz CT molecular complexity index is 993. The Balaban J connectivity index is 1.73. The third-order valence-electron chi connectivity index (χ3n) is 3.90. The smallest absolute Gasteiger partial charge is 0.249 e. The number of amides is 1. The van der Waals surface area contributed by atoms with Crippen LogP contribution in [-0.2, 0) is 11.3 Å². The van der Waals surface area contributed by atoms with Gasteiger partial charge in [0, 0.05) is 23.6 Å². The summed E-state index contributed by atoms with van der Waals surface area (Å²) in [7, 11) is 0. The second kappa shape index (κ2) is 9.19. The van der Waals surface area contributed by atoms with Crippen molar-refractivity contribution in [1.82, 2.24) is 4.57 Å². The first-order valence-corrected chi connectivity index (χ1v) is 10.6. The average molecular weight is 405 g/mol. The van der Waals surface area contributed by atoms with Crippen LogP contribution < -0.4 is 9.54 Å². The molecule has 0 N–H and O–H groups in total. The molecule has 0 atom stereocenters. The van der Waals surface area contributed by atoms with Gasteiger partial charge in [-0.25, -0.2) is 4.39 Å². The molecule has 0 saturated carbocycles. The summed E-state index contributed by atoms with van der Waals surface area (Å²) in [5.41, 5.74) is 1.05. The van der Waals surface area contributed by atoms with Crippen LogP contribution in [0.3, 0.4) is 0 Å². The third-order valence-corrected chi connectivity index (χ3v) is 5.95. The van der Waals surface area contributed by atoms with Crippen LogP contribution in [0.4, 0.5) is 4.39 Å². The minimum Gasteiger partial charge on any atom is -0.494 e. The van der Waals surface area contributed by atoms with Gasteiger partial charge in [0.05, 0.1) is 16.8 Å². The number of aryl methyl sites for hydroxylation is 1. The third kappa shape index (κ3) is 4.99. The van der Waals surface area contributed by atoms with Crippen molar-refractivity contribution in [3.05, 3.63) is 53.1 Å². The number of hydrogen-bond donors (Lipinski definition) is 0. The van der Waals surface area contributed by atoms with E-state index in [9.17, 15) is 9.18 Å². The lowest BCUT2D eigenvalue weighted by atomic mass is 10.3. The van der Waals surface area contributed by atoms with Crippen molar-refractivity contribution < 1.29 is 13.9 Å². The number of carbonyl (C=O) groups is 1. The van der Waals surface area contributed by atoms with E-state index in [1.54, 1.807) is 12.1 Å². The molecule has 1 heterocycles. The number of hydrogen-bond acceptors (Lipinski definition) is 4. The number of carbonyl (C=O) groups excluding carboxylic acids is 1. The van der Waals surface area contributed by atoms with Gasteiger partial charge < -0.3 is 9.30 Å². The lowest BCUT2D eigenvalue weighted by molar-refractivity contribution is -0.117. The van der Waals surface area contributed by atoms with Crippen LogP contribution in [0.1, 0.15) is 20.3 Å². The number of halogens is 1. The largest absolute Gasteiger partial charge is 0.494 e. The van der Waals surface area contributed by atoms with Gasteiger partial charge in [-0.2, -0.15) is 4.99 Å². The lowest BCUT2D eigenvalue weighted by Crippen LogP contribution is -2.15. The molecule has 4 nitrogen and oxygen atoms in total. The van der Waals surface area contributed by atoms with E-state index in [-0.39, 0.29) is 11.7 Å². The van der Waals surface area contributed by atoms with Gasteiger partial charge in [-0.15, -0.1) is 11.8 Å². The van der Waals surface area contributed by atoms with E-state index >= 15 is 0 Å². The SMILES string of the molecule is CCOc1ccc2c(c1)sc(=NC(=O)CCSc1ccc(F)cc1)n2CC. The Labute approximate surface area is 165 Å². The van der Waals surface area contributed by atoms with Crippen molar-refractivity contribution in [3.63, 3.8) is 0 Å². The maximum Gasteiger partial charge on any atom is 0.249 e. The number of thiazole rings is 1. The van der Waals surface area contributed by atoms with E-state index in [0.717, 1.165) is 27.4 Å². The number of benzene rings is 2. The highest BCUT2D eigenvalue weighted by Gasteiger charge is 2.08. The molecule has 3 aromatic rings. The van der Waals surface area contributed by atoms with E-state index in [0.29, 0.717) is 23.6 Å². The van der Waals surface area contributed by atoms with Crippen LogP contribution in [0.5, 0.6) is 5.75 Å². The van der Waals surface area contributed by atoms with Crippen molar-refractivity contribution in [3.8, 4) is 5.75 Å². The topological polar surface area (TPSA) is 43.6 Å². The number of ether oxygens (including phenoxy) is 1. The van der Waals surface area contributed by atoms with Crippen LogP contribution >= 0.6 is 23.1 Å². The summed E-state index contributed by atoms with van der Waals surface area (Å²) >= 11 is 3.02. The van der Waals surface area contributed by atoms with E-state index in [4.69, 9.17) is 4.74 Å². The Kier molecular flexibility index (Phi) is 6.68. The highest BCUT2D eigenvalue weighted by atomic mass is 32.2. The average Bonchev–Trinajstić information content (AvgIpc) is 2.99. The monoisotopic (exact) mass is 404 g/mol. The zero-order valence-corrected chi connectivity index (χ0v) is 16.9. The molecule has 2 aromatic carbocycles. The summed E-state index contributed by atoms with van der Waals surface area (Å²) in [4.78, 5) is 18.3. The van der Waals surface area contributed by atoms with Gasteiger partial charge in [-0.05, 0) is 56.3 Å². The molecule has 1 amide bonds. The van der Waals surface area contributed by atoms with Crippen molar-refractivity contribution >= 4 is 39.2 Å². The van der Waals surface area contributed by atoms with Crippen molar-refractivity contribution in [2.75, 3.05) is 12.4 Å². The quantitative estimate of drug-likeness (QED) is 0.528. The number of aromatic nitrogens is 1.